The fourth-order valence-electron chi connectivity index (χ4n) is 5.19. The van der Waals surface area contributed by atoms with Gasteiger partial charge in [-0.3, -0.25) is 9.71 Å². The summed E-state index contributed by atoms with van der Waals surface area (Å²) in [7, 11) is -3.34. The number of nitrogens with zero attached hydrogens (tertiary/aromatic N) is 3. The summed E-state index contributed by atoms with van der Waals surface area (Å²) in [5, 5.41) is 4.14. The van der Waals surface area contributed by atoms with Gasteiger partial charge in [0, 0.05) is 35.5 Å². The molecule has 0 radical (unpaired) electrons. The van der Waals surface area contributed by atoms with Crippen molar-refractivity contribution in [1.29, 1.82) is 0 Å². The number of aromatic nitrogens is 2. The first kappa shape index (κ1) is 22.9. The van der Waals surface area contributed by atoms with E-state index in [1.54, 1.807) is 12.1 Å². The van der Waals surface area contributed by atoms with Crippen LogP contribution in [0.15, 0.2) is 67.0 Å². The van der Waals surface area contributed by atoms with E-state index in [1.807, 2.05) is 36.5 Å². The zero-order chi connectivity index (χ0) is 23.7. The molecule has 9 heteroatoms. The summed E-state index contributed by atoms with van der Waals surface area (Å²) in [5.41, 5.74) is 3.56. The van der Waals surface area contributed by atoms with Crippen molar-refractivity contribution in [3.05, 3.63) is 78.4 Å². The van der Waals surface area contributed by atoms with E-state index in [9.17, 15) is 8.42 Å². The second-order valence-corrected chi connectivity index (χ2v) is 11.2. The van der Waals surface area contributed by atoms with Crippen LogP contribution < -0.4 is 14.9 Å². The molecule has 1 saturated heterocycles. The number of hydrogen-bond acceptors (Lipinski definition) is 4. The van der Waals surface area contributed by atoms with Gasteiger partial charge >= 0.3 is 0 Å². The number of rotatable bonds is 6. The summed E-state index contributed by atoms with van der Waals surface area (Å²) >= 11 is 5.84. The highest BCUT2D eigenvalue weighted by Gasteiger charge is 2.42. The van der Waals surface area contributed by atoms with Crippen LogP contribution in [0.2, 0.25) is 0 Å². The minimum Gasteiger partial charge on any atom is -0.351 e. The average molecular weight is 496 g/mol. The fraction of sp³-hybridized carbons (Fsp3) is 0.360. The van der Waals surface area contributed by atoms with Gasteiger partial charge in [0.25, 0.3) is 0 Å². The number of benzene rings is 1. The number of pyridine rings is 1. The molecule has 2 fully saturated rings. The molecule has 2 N–H and O–H groups in total. The van der Waals surface area contributed by atoms with E-state index < -0.39 is 10.0 Å². The van der Waals surface area contributed by atoms with Gasteiger partial charge in [-0.25, -0.2) is 8.42 Å². The van der Waals surface area contributed by atoms with Crippen LogP contribution in [0, 0.1) is 0 Å². The molecule has 1 aromatic carbocycles. The summed E-state index contributed by atoms with van der Waals surface area (Å²) in [4.78, 5) is 6.78. The Hall–Kier alpha value is -2.91. The van der Waals surface area contributed by atoms with Gasteiger partial charge in [0.2, 0.25) is 10.0 Å². The Balaban J connectivity index is 1.56. The van der Waals surface area contributed by atoms with Crippen molar-refractivity contribution in [2.45, 2.75) is 50.2 Å². The van der Waals surface area contributed by atoms with Crippen LogP contribution in [-0.2, 0) is 10.0 Å². The molecule has 5 rings (SSSR count). The van der Waals surface area contributed by atoms with Gasteiger partial charge in [-0.15, -0.1) is 0 Å². The summed E-state index contributed by atoms with van der Waals surface area (Å²) in [6.45, 7) is 0. The normalized spacial score (nSPS) is 21.4. The number of nitrogens with one attached hydrogen (secondary N) is 2. The molecule has 0 amide bonds. The Labute approximate surface area is 206 Å². The largest absolute Gasteiger partial charge is 0.351 e. The number of sulfonamides is 1. The highest BCUT2D eigenvalue weighted by atomic mass is 32.2. The third kappa shape index (κ3) is 4.67. The zero-order valence-corrected chi connectivity index (χ0v) is 20.7. The third-order valence-corrected chi connectivity index (χ3v) is 7.55. The molecule has 1 aliphatic carbocycles. The summed E-state index contributed by atoms with van der Waals surface area (Å²) in [6, 6.07) is 17.9. The molecule has 2 atom stereocenters. The van der Waals surface area contributed by atoms with Gasteiger partial charge in [-0.2, -0.15) is 0 Å². The molecule has 0 bridgehead atoms. The Morgan fingerprint density at radius 2 is 1.79 bits per heavy atom. The molecule has 3 heterocycles. The van der Waals surface area contributed by atoms with Crippen molar-refractivity contribution < 1.29 is 8.42 Å². The van der Waals surface area contributed by atoms with Gasteiger partial charge in [0.05, 0.1) is 18.0 Å². The summed E-state index contributed by atoms with van der Waals surface area (Å²) in [5.74, 6) is 0. The molecule has 7 nitrogen and oxygen atoms in total. The van der Waals surface area contributed by atoms with Crippen molar-refractivity contribution in [3.63, 3.8) is 0 Å². The molecule has 0 spiro atoms. The lowest BCUT2D eigenvalue weighted by Crippen LogP contribution is -2.31. The average Bonchev–Trinajstić information content (AvgIpc) is 3.44. The van der Waals surface area contributed by atoms with E-state index in [0.29, 0.717) is 16.8 Å². The van der Waals surface area contributed by atoms with Crippen LogP contribution in [0.25, 0.3) is 0 Å². The van der Waals surface area contributed by atoms with Crippen LogP contribution in [0.5, 0.6) is 0 Å². The molecule has 2 aromatic heterocycles. The molecule has 34 heavy (non-hydrogen) atoms. The zero-order valence-electron chi connectivity index (χ0n) is 19.1. The van der Waals surface area contributed by atoms with Crippen molar-refractivity contribution in [2.75, 3.05) is 15.9 Å². The molecular formula is C25H29N5O2S2. The van der Waals surface area contributed by atoms with E-state index in [1.165, 1.54) is 37.8 Å². The topological polar surface area (TPSA) is 79.3 Å². The first-order valence-corrected chi connectivity index (χ1v) is 14.0. The smallest absolute Gasteiger partial charge is 0.229 e. The van der Waals surface area contributed by atoms with E-state index in [-0.39, 0.29) is 12.1 Å². The number of hydrogen-bond donors (Lipinski definition) is 2. The predicted octanol–water partition coefficient (Wildman–Crippen LogP) is 4.94. The summed E-state index contributed by atoms with van der Waals surface area (Å²) in [6.07, 6.45) is 11.3. The van der Waals surface area contributed by atoms with Crippen molar-refractivity contribution in [1.82, 2.24) is 14.9 Å². The van der Waals surface area contributed by atoms with Gasteiger partial charge in [0.15, 0.2) is 5.11 Å². The van der Waals surface area contributed by atoms with Crippen LogP contribution in [-0.4, -0.2) is 29.3 Å². The van der Waals surface area contributed by atoms with E-state index in [4.69, 9.17) is 12.2 Å². The Kier molecular flexibility index (Phi) is 6.31. The van der Waals surface area contributed by atoms with Crippen molar-refractivity contribution in [2.24, 2.45) is 0 Å². The van der Waals surface area contributed by atoms with E-state index >= 15 is 0 Å². The first-order valence-electron chi connectivity index (χ1n) is 11.7. The molecule has 1 aliphatic heterocycles. The molecule has 2 aliphatic rings. The maximum atomic E-state index is 11.6. The second kappa shape index (κ2) is 9.38. The lowest BCUT2D eigenvalue weighted by atomic mass is 9.94. The van der Waals surface area contributed by atoms with Gasteiger partial charge in [-0.1, -0.05) is 25.3 Å². The maximum absolute atomic E-state index is 11.6. The minimum absolute atomic E-state index is 0.0898. The van der Waals surface area contributed by atoms with Crippen molar-refractivity contribution in [3.8, 4) is 0 Å². The predicted molar refractivity (Wildman–Crippen MR) is 139 cm³/mol. The highest BCUT2D eigenvalue weighted by molar-refractivity contribution is 7.92. The van der Waals surface area contributed by atoms with Crippen LogP contribution in [0.3, 0.4) is 0 Å². The standard InChI is InChI=1S/C25H29N5O2S2/c1-34(31,32)28-18-12-14-20(15-13-18)30-24(23(27-25(30)33)21-10-5-6-16-26-21)22-11-7-17-29(22)19-8-3-2-4-9-19/h5-7,10-17,19,23-24,28H,2-4,8-9H2,1H3,(H,27,33)/t23-,24+/m0/s1. The van der Waals surface area contributed by atoms with Gasteiger partial charge in [-0.05, 0) is 73.6 Å². The van der Waals surface area contributed by atoms with Crippen molar-refractivity contribution >= 4 is 38.7 Å². The van der Waals surface area contributed by atoms with Crippen LogP contribution in [0.1, 0.15) is 61.6 Å². The number of anilines is 2. The molecule has 1 saturated carbocycles. The first-order chi connectivity index (χ1) is 16.4. The monoisotopic (exact) mass is 495 g/mol. The second-order valence-electron chi connectivity index (χ2n) is 9.05. The molecule has 3 aromatic rings. The third-order valence-electron chi connectivity index (χ3n) is 6.63. The summed E-state index contributed by atoms with van der Waals surface area (Å²) < 4.78 is 28.2. The van der Waals surface area contributed by atoms with Gasteiger partial charge < -0.3 is 14.8 Å². The number of thiocarbonyl (C=S) groups is 1. The highest BCUT2D eigenvalue weighted by Crippen LogP contribution is 2.43. The quantitative estimate of drug-likeness (QED) is 0.472. The Bertz CT molecular complexity index is 1250. The molecular weight excluding hydrogens is 466 g/mol. The molecule has 0 unspecified atom stereocenters. The SMILES string of the molecule is CS(=O)(=O)Nc1ccc(N2C(=S)N[C@@H](c3ccccn3)[C@H]2c2cccn2C2CCCCC2)cc1. The lowest BCUT2D eigenvalue weighted by molar-refractivity contribution is 0.340. The van der Waals surface area contributed by atoms with Gasteiger partial charge in [0.1, 0.15) is 6.04 Å². The lowest BCUT2D eigenvalue weighted by Gasteiger charge is -2.32. The Morgan fingerprint density at radius 3 is 2.47 bits per heavy atom. The minimum atomic E-state index is -3.34. The van der Waals surface area contributed by atoms with E-state index in [2.05, 4.69) is 42.8 Å². The Morgan fingerprint density at radius 1 is 1.03 bits per heavy atom. The maximum Gasteiger partial charge on any atom is 0.229 e. The molecule has 178 valence electrons. The fourth-order valence-corrected chi connectivity index (χ4v) is 6.10. The van der Waals surface area contributed by atoms with E-state index in [0.717, 1.165) is 17.6 Å². The van der Waals surface area contributed by atoms with Crippen LogP contribution >= 0.6 is 12.2 Å². The van der Waals surface area contributed by atoms with Crippen LogP contribution in [0.4, 0.5) is 11.4 Å².